The van der Waals surface area contributed by atoms with E-state index in [9.17, 15) is 0 Å². The molecule has 1 saturated heterocycles. The van der Waals surface area contributed by atoms with E-state index < -0.39 is 0 Å². The van der Waals surface area contributed by atoms with Crippen LogP contribution >= 0.6 is 27.7 Å². The molecule has 2 atom stereocenters. The van der Waals surface area contributed by atoms with Crippen LogP contribution in [0.3, 0.4) is 0 Å². The molecule has 1 heterocycles. The molecule has 16 heavy (non-hydrogen) atoms. The third kappa shape index (κ3) is 1.64. The van der Waals surface area contributed by atoms with Crippen molar-refractivity contribution in [3.05, 3.63) is 33.8 Å². The van der Waals surface area contributed by atoms with Gasteiger partial charge in [-0.05, 0) is 42.5 Å². The molecule has 1 N–H and O–H groups in total. The van der Waals surface area contributed by atoms with E-state index in [2.05, 4.69) is 58.1 Å². The highest BCUT2D eigenvalue weighted by atomic mass is 79.9. The minimum Gasteiger partial charge on any atom is -0.295 e. The van der Waals surface area contributed by atoms with Gasteiger partial charge in [-0.1, -0.05) is 28.9 Å². The summed E-state index contributed by atoms with van der Waals surface area (Å²) in [5.41, 5.74) is 3.04. The Bertz CT molecular complexity index is 420. The molecule has 0 saturated carbocycles. The van der Waals surface area contributed by atoms with Gasteiger partial charge in [-0.2, -0.15) is 0 Å². The van der Waals surface area contributed by atoms with Gasteiger partial charge in [-0.3, -0.25) is 5.32 Å². The van der Waals surface area contributed by atoms with Gasteiger partial charge in [0.1, 0.15) is 0 Å². The van der Waals surface area contributed by atoms with E-state index in [0.717, 1.165) is 0 Å². The molecule has 0 aromatic heterocycles. The van der Waals surface area contributed by atoms with Crippen molar-refractivity contribution in [2.24, 2.45) is 0 Å². The number of thioether (sulfide) groups is 1. The van der Waals surface area contributed by atoms with Crippen LogP contribution in [0, 0.1) is 0 Å². The molecule has 1 aliphatic carbocycles. The molecular formula is C13H16BrNS. The van der Waals surface area contributed by atoms with Crippen LogP contribution < -0.4 is 5.32 Å². The largest absolute Gasteiger partial charge is 0.295 e. The summed E-state index contributed by atoms with van der Waals surface area (Å²) in [6, 6.07) is 7.45. The molecule has 86 valence electrons. The van der Waals surface area contributed by atoms with Crippen LogP contribution in [-0.2, 0) is 11.3 Å². The lowest BCUT2D eigenvalue weighted by atomic mass is 10.1. The van der Waals surface area contributed by atoms with E-state index in [1.54, 1.807) is 0 Å². The fourth-order valence-corrected chi connectivity index (χ4v) is 4.85. The Hall–Kier alpha value is 0.01000. The molecule has 0 bridgehead atoms. The van der Waals surface area contributed by atoms with Crippen molar-refractivity contribution in [2.75, 3.05) is 5.75 Å². The van der Waals surface area contributed by atoms with E-state index >= 15 is 0 Å². The predicted octanol–water partition coefficient (Wildman–Crippen LogP) is 3.66. The third-order valence-corrected chi connectivity index (χ3v) is 5.81. The molecule has 1 aliphatic heterocycles. The maximum absolute atomic E-state index is 3.84. The smallest absolute Gasteiger partial charge is 0.0910 e. The van der Waals surface area contributed by atoms with Gasteiger partial charge in [-0.15, -0.1) is 11.8 Å². The molecule has 1 nitrogen and oxygen atoms in total. The maximum Gasteiger partial charge on any atom is 0.0910 e. The molecule has 2 aliphatic rings. The first-order chi connectivity index (χ1) is 7.73. The van der Waals surface area contributed by atoms with E-state index in [4.69, 9.17) is 0 Å². The maximum atomic E-state index is 3.84. The van der Waals surface area contributed by atoms with Gasteiger partial charge in [0.25, 0.3) is 0 Å². The number of aryl methyl sites for hydroxylation is 1. The summed E-state index contributed by atoms with van der Waals surface area (Å²) in [5, 5.41) is 3.84. The first kappa shape index (κ1) is 11.1. The first-order valence-corrected chi connectivity index (χ1v) is 7.72. The Morgan fingerprint density at radius 1 is 1.56 bits per heavy atom. The molecule has 0 amide bonds. The van der Waals surface area contributed by atoms with Gasteiger partial charge in [0.05, 0.1) is 4.87 Å². The molecule has 3 rings (SSSR count). The Morgan fingerprint density at radius 2 is 2.44 bits per heavy atom. The van der Waals surface area contributed by atoms with Crippen LogP contribution in [0.25, 0.3) is 0 Å². The Morgan fingerprint density at radius 3 is 3.19 bits per heavy atom. The summed E-state index contributed by atoms with van der Waals surface area (Å²) < 4.78 is 1.21. The highest BCUT2D eigenvalue weighted by molar-refractivity contribution is 9.10. The average molecular weight is 298 g/mol. The lowest BCUT2D eigenvalue weighted by Gasteiger charge is -2.25. The summed E-state index contributed by atoms with van der Waals surface area (Å²) in [4.78, 5) is 0.233. The zero-order chi connectivity index (χ0) is 11.2. The van der Waals surface area contributed by atoms with Crippen molar-refractivity contribution in [1.82, 2.24) is 5.32 Å². The number of hydrogen-bond donors (Lipinski definition) is 1. The standard InChI is InChI=1S/C13H16BrNS/c1-2-11-8-16-13(15-11)6-5-9-7-10(14)3-4-12(9)13/h3-4,7,11,15H,2,5-6,8H2,1H3. The van der Waals surface area contributed by atoms with Gasteiger partial charge < -0.3 is 0 Å². The highest BCUT2D eigenvalue weighted by Crippen LogP contribution is 2.49. The van der Waals surface area contributed by atoms with Gasteiger partial charge in [0, 0.05) is 16.3 Å². The number of hydrogen-bond acceptors (Lipinski definition) is 2. The van der Waals surface area contributed by atoms with E-state index in [-0.39, 0.29) is 4.87 Å². The first-order valence-electron chi connectivity index (χ1n) is 5.94. The minimum absolute atomic E-state index is 0.233. The van der Waals surface area contributed by atoms with Crippen LogP contribution in [-0.4, -0.2) is 11.8 Å². The van der Waals surface area contributed by atoms with Crippen molar-refractivity contribution in [1.29, 1.82) is 0 Å². The predicted molar refractivity (Wildman–Crippen MR) is 73.8 cm³/mol. The Balaban J connectivity index is 1.97. The molecule has 2 unspecified atom stereocenters. The second kappa shape index (κ2) is 4.04. The second-order valence-corrected chi connectivity index (χ2v) is 6.92. The average Bonchev–Trinajstić information content (AvgIpc) is 2.85. The summed E-state index contributed by atoms with van der Waals surface area (Å²) in [6.45, 7) is 2.27. The number of benzene rings is 1. The molecule has 1 aromatic carbocycles. The quantitative estimate of drug-likeness (QED) is 0.849. The van der Waals surface area contributed by atoms with Crippen molar-refractivity contribution < 1.29 is 0 Å². The van der Waals surface area contributed by atoms with Crippen LogP contribution in [0.5, 0.6) is 0 Å². The van der Waals surface area contributed by atoms with E-state index in [1.165, 1.54) is 40.6 Å². The summed E-state index contributed by atoms with van der Waals surface area (Å²) >= 11 is 5.67. The summed E-state index contributed by atoms with van der Waals surface area (Å²) in [7, 11) is 0. The SMILES string of the molecule is CCC1CSC2(CCc3cc(Br)ccc32)N1. The highest BCUT2D eigenvalue weighted by Gasteiger charge is 2.44. The van der Waals surface area contributed by atoms with Crippen LogP contribution in [0.4, 0.5) is 0 Å². The van der Waals surface area contributed by atoms with Gasteiger partial charge >= 0.3 is 0 Å². The van der Waals surface area contributed by atoms with Gasteiger partial charge in [0.2, 0.25) is 0 Å². The van der Waals surface area contributed by atoms with Crippen LogP contribution in [0.2, 0.25) is 0 Å². The van der Waals surface area contributed by atoms with E-state index in [0.29, 0.717) is 6.04 Å². The van der Waals surface area contributed by atoms with Gasteiger partial charge in [0.15, 0.2) is 0 Å². The number of rotatable bonds is 1. The molecular weight excluding hydrogens is 282 g/mol. The van der Waals surface area contributed by atoms with Crippen molar-refractivity contribution >= 4 is 27.7 Å². The monoisotopic (exact) mass is 297 g/mol. The van der Waals surface area contributed by atoms with Crippen LogP contribution in [0.1, 0.15) is 30.9 Å². The lowest BCUT2D eigenvalue weighted by Crippen LogP contribution is -2.37. The molecule has 1 spiro atoms. The second-order valence-electron chi connectivity index (χ2n) is 4.69. The Labute approximate surface area is 110 Å². The zero-order valence-electron chi connectivity index (χ0n) is 9.42. The van der Waals surface area contributed by atoms with E-state index in [1.807, 2.05) is 0 Å². The molecule has 1 aromatic rings. The van der Waals surface area contributed by atoms with Crippen molar-refractivity contribution in [2.45, 2.75) is 37.1 Å². The minimum atomic E-state index is 0.233. The molecule has 3 heteroatoms. The van der Waals surface area contributed by atoms with Gasteiger partial charge in [-0.25, -0.2) is 0 Å². The molecule has 0 radical (unpaired) electrons. The number of nitrogens with one attached hydrogen (secondary N) is 1. The fourth-order valence-electron chi connectivity index (χ4n) is 2.78. The lowest BCUT2D eigenvalue weighted by molar-refractivity contribution is 0.440. The third-order valence-electron chi connectivity index (χ3n) is 3.71. The normalized spacial score (nSPS) is 32.2. The fraction of sp³-hybridized carbons (Fsp3) is 0.538. The summed E-state index contributed by atoms with van der Waals surface area (Å²) in [5.74, 6) is 1.26. The number of halogens is 1. The number of fused-ring (bicyclic) bond motifs is 2. The molecule has 1 fully saturated rings. The van der Waals surface area contributed by atoms with Crippen LogP contribution in [0.15, 0.2) is 22.7 Å². The topological polar surface area (TPSA) is 12.0 Å². The summed E-state index contributed by atoms with van der Waals surface area (Å²) in [6.07, 6.45) is 3.70. The Kier molecular flexibility index (Phi) is 2.81. The van der Waals surface area contributed by atoms with Crippen molar-refractivity contribution in [3.8, 4) is 0 Å². The zero-order valence-corrected chi connectivity index (χ0v) is 11.8. The van der Waals surface area contributed by atoms with Crippen molar-refractivity contribution in [3.63, 3.8) is 0 Å².